The largest absolute Gasteiger partial charge is 0.370 e. The Balaban J connectivity index is 0.000000289. The Bertz CT molecular complexity index is 1650. The van der Waals surface area contributed by atoms with E-state index in [1.807, 2.05) is 37.4 Å². The Hall–Kier alpha value is -4.02. The van der Waals surface area contributed by atoms with Gasteiger partial charge in [-0.15, -0.1) is 0 Å². The maximum Gasteiger partial charge on any atom is 0.354 e. The van der Waals surface area contributed by atoms with Gasteiger partial charge in [-0.25, -0.2) is 9.18 Å². The molecule has 4 rings (SSSR count). The van der Waals surface area contributed by atoms with Crippen molar-refractivity contribution in [2.24, 2.45) is 22.2 Å². The van der Waals surface area contributed by atoms with Gasteiger partial charge in [-0.3, -0.25) is 9.56 Å². The summed E-state index contributed by atoms with van der Waals surface area (Å²) in [6.07, 6.45) is 5.65. The lowest BCUT2D eigenvalue weighted by Crippen LogP contribution is -2.23. The number of hydrogen-bond acceptors (Lipinski definition) is 5. The summed E-state index contributed by atoms with van der Waals surface area (Å²) in [7, 11) is 0. The van der Waals surface area contributed by atoms with Gasteiger partial charge in [0.05, 0.1) is 5.69 Å². The van der Waals surface area contributed by atoms with Gasteiger partial charge in [0.1, 0.15) is 11.5 Å². The number of nitrogens with one attached hydrogen (secondary N) is 2. The second-order valence-corrected chi connectivity index (χ2v) is 13.9. The molecule has 0 aliphatic carbocycles. The topological polar surface area (TPSA) is 153 Å². The molecule has 0 aliphatic rings. The molecule has 2 aromatic heterocycles. The van der Waals surface area contributed by atoms with Crippen molar-refractivity contribution in [3.05, 3.63) is 92.9 Å². The number of hydrogen-bond donors (Lipinski definition) is 5. The van der Waals surface area contributed by atoms with Crippen LogP contribution in [0.25, 0.3) is 16.7 Å². The van der Waals surface area contributed by atoms with Crippen molar-refractivity contribution in [3.8, 4) is 5.69 Å². The fraction of sp³-hybridized carbons (Fsp3) is 0.472. The molecule has 0 unspecified atom stereocenters. The number of aryl methyl sites for hydroxylation is 1. The zero-order chi connectivity index (χ0) is 34.1. The maximum absolute atomic E-state index is 13.9. The number of nitrogens with two attached hydrogens (primary N) is 3. The first-order valence-corrected chi connectivity index (χ1v) is 16.1. The Morgan fingerprint density at radius 1 is 0.978 bits per heavy atom. The van der Waals surface area contributed by atoms with Crippen molar-refractivity contribution in [2.75, 3.05) is 19.6 Å². The third kappa shape index (κ3) is 10.5. The van der Waals surface area contributed by atoms with Crippen molar-refractivity contribution < 1.29 is 4.39 Å². The minimum absolute atomic E-state index is 0.00516. The number of benzene rings is 2. The molecule has 0 saturated heterocycles. The van der Waals surface area contributed by atoms with E-state index >= 15 is 0 Å². The molecular weight excluding hydrogens is 579 g/mol. The molecule has 0 spiro atoms. The molecule has 0 aliphatic heterocycles. The first-order chi connectivity index (χ1) is 21.6. The first-order valence-electron chi connectivity index (χ1n) is 16.1. The molecule has 4 aromatic rings. The molecule has 0 atom stereocenters. The molecule has 0 bridgehead atoms. The van der Waals surface area contributed by atoms with Crippen LogP contribution in [0, 0.1) is 12.7 Å². The highest BCUT2D eigenvalue weighted by atomic mass is 19.1. The highest BCUT2D eigenvalue weighted by molar-refractivity contribution is 5.76. The Labute approximate surface area is 272 Å². The van der Waals surface area contributed by atoms with Crippen LogP contribution in [0.3, 0.4) is 0 Å². The minimum atomic E-state index is -0.301. The van der Waals surface area contributed by atoms with Crippen molar-refractivity contribution in [1.82, 2.24) is 19.9 Å². The zero-order valence-electron chi connectivity index (χ0n) is 28.6. The summed E-state index contributed by atoms with van der Waals surface area (Å²) < 4.78 is 15.4. The lowest BCUT2D eigenvalue weighted by atomic mass is 9.82. The van der Waals surface area contributed by atoms with Crippen LogP contribution in [-0.2, 0) is 23.8 Å². The number of guanidine groups is 1. The Morgan fingerprint density at radius 3 is 2.28 bits per heavy atom. The fourth-order valence-electron chi connectivity index (χ4n) is 5.13. The molecule has 46 heavy (non-hydrogen) atoms. The smallest absolute Gasteiger partial charge is 0.354 e. The average Bonchev–Trinajstić information content (AvgIpc) is 3.40. The molecule has 0 radical (unpaired) electrons. The number of nitrogens with zero attached hydrogens (tertiary/aromatic N) is 3. The van der Waals surface area contributed by atoms with Crippen LogP contribution >= 0.6 is 0 Å². The van der Waals surface area contributed by atoms with Crippen LogP contribution in [0.4, 0.5) is 4.39 Å². The summed E-state index contributed by atoms with van der Waals surface area (Å²) >= 11 is 0. The molecule has 10 heteroatoms. The second kappa shape index (κ2) is 16.0. The summed E-state index contributed by atoms with van der Waals surface area (Å²) in [5.41, 5.74) is 22.3. The number of rotatable bonds is 11. The van der Waals surface area contributed by atoms with Crippen LogP contribution in [0.15, 0.2) is 58.4 Å². The normalized spacial score (nSPS) is 11.8. The first kappa shape index (κ1) is 36.4. The van der Waals surface area contributed by atoms with Crippen LogP contribution in [0.2, 0.25) is 0 Å². The summed E-state index contributed by atoms with van der Waals surface area (Å²) in [6.45, 7) is 17.5. The van der Waals surface area contributed by atoms with Gasteiger partial charge in [0, 0.05) is 35.8 Å². The van der Waals surface area contributed by atoms with Crippen LogP contribution in [-0.4, -0.2) is 40.1 Å². The van der Waals surface area contributed by atoms with Gasteiger partial charge in [0.2, 0.25) is 0 Å². The maximum atomic E-state index is 13.9. The summed E-state index contributed by atoms with van der Waals surface area (Å²) in [5.74, 6) is 0.0398. The molecule has 0 amide bonds. The van der Waals surface area contributed by atoms with E-state index < -0.39 is 0 Å². The van der Waals surface area contributed by atoms with Crippen molar-refractivity contribution >= 4 is 17.0 Å². The molecule has 8 N–H and O–H groups in total. The number of halogens is 1. The summed E-state index contributed by atoms with van der Waals surface area (Å²) in [5, 5.41) is 4.27. The Kier molecular flexibility index (Phi) is 12.7. The van der Waals surface area contributed by atoms with E-state index in [0.717, 1.165) is 77.8 Å². The van der Waals surface area contributed by atoms with E-state index in [-0.39, 0.29) is 28.3 Å². The number of H-pyrrole nitrogens is 1. The van der Waals surface area contributed by atoms with Gasteiger partial charge < -0.3 is 27.5 Å². The van der Waals surface area contributed by atoms with Gasteiger partial charge in [-0.2, -0.15) is 4.98 Å². The molecule has 9 nitrogen and oxygen atoms in total. The number of aromatic amines is 1. The highest BCUT2D eigenvalue weighted by Crippen LogP contribution is 2.29. The lowest BCUT2D eigenvalue weighted by molar-refractivity contribution is 0.559. The highest BCUT2D eigenvalue weighted by Gasteiger charge is 2.19. The van der Waals surface area contributed by atoms with E-state index in [2.05, 4.69) is 74.0 Å². The summed E-state index contributed by atoms with van der Waals surface area (Å²) in [4.78, 5) is 23.9. The SMILES string of the molecule is CC(C)(C)c1cc2cn(-c3ccc(CNCCCN=C(N)N)cc3)c(=O)nc2[nH]1.Cc1c(F)cc(CCCCN)cc1C(C)(C)C. The standard InChI is InChI=1S/C21H29N7O.C15H24FN/c1-21(2,3)17-11-15-13-28(20(29)27-18(15)26-17)16-7-5-14(6-8-16)12-24-9-4-10-25-19(22)23;1-11-13(15(2,3)4)9-12(10-14(11)16)7-5-6-8-17/h5-8,11,13,24H,4,9-10,12H2,1-3H3,(H4,22,23,25)(H,26,27,29);9-10H,5-8,17H2,1-4H3. The summed E-state index contributed by atoms with van der Waals surface area (Å²) in [6, 6.07) is 13.7. The van der Waals surface area contributed by atoms with Crippen molar-refractivity contribution in [3.63, 3.8) is 0 Å². The van der Waals surface area contributed by atoms with E-state index in [9.17, 15) is 9.18 Å². The van der Waals surface area contributed by atoms with Crippen LogP contribution < -0.4 is 28.2 Å². The minimum Gasteiger partial charge on any atom is -0.370 e. The number of fused-ring (bicyclic) bond motifs is 1. The van der Waals surface area contributed by atoms with E-state index in [4.69, 9.17) is 17.2 Å². The second-order valence-electron chi connectivity index (χ2n) is 13.9. The van der Waals surface area contributed by atoms with E-state index in [0.29, 0.717) is 18.7 Å². The average molecular weight is 633 g/mol. The number of aliphatic imine (C=N–C) groups is 1. The fourth-order valence-corrected chi connectivity index (χ4v) is 5.13. The molecule has 250 valence electrons. The van der Waals surface area contributed by atoms with Crippen LogP contribution in [0.1, 0.15) is 88.8 Å². The number of unbranched alkanes of at least 4 members (excludes halogenated alkanes) is 1. The zero-order valence-corrected chi connectivity index (χ0v) is 28.6. The molecule has 2 aromatic carbocycles. The van der Waals surface area contributed by atoms with Crippen molar-refractivity contribution in [2.45, 2.75) is 91.5 Å². The predicted molar refractivity (Wildman–Crippen MR) is 189 cm³/mol. The van der Waals surface area contributed by atoms with Gasteiger partial charge in [-0.1, -0.05) is 59.7 Å². The molecule has 0 fully saturated rings. The third-order valence-corrected chi connectivity index (χ3v) is 7.80. The van der Waals surface area contributed by atoms with Gasteiger partial charge in [-0.05, 0) is 97.6 Å². The quantitative estimate of drug-likeness (QED) is 0.0839. The number of aromatic nitrogens is 3. The molecule has 0 saturated carbocycles. The van der Waals surface area contributed by atoms with Gasteiger partial charge in [0.15, 0.2) is 5.96 Å². The molecular formula is C36H53FN8O. The monoisotopic (exact) mass is 632 g/mol. The van der Waals surface area contributed by atoms with Crippen molar-refractivity contribution in [1.29, 1.82) is 0 Å². The van der Waals surface area contributed by atoms with Gasteiger partial charge in [0.25, 0.3) is 0 Å². The molecule has 2 heterocycles. The van der Waals surface area contributed by atoms with E-state index in [1.54, 1.807) is 10.6 Å². The van der Waals surface area contributed by atoms with E-state index in [1.165, 1.54) is 0 Å². The third-order valence-electron chi connectivity index (χ3n) is 7.80. The lowest BCUT2D eigenvalue weighted by Gasteiger charge is -2.23. The van der Waals surface area contributed by atoms with Crippen LogP contribution in [0.5, 0.6) is 0 Å². The predicted octanol–water partition coefficient (Wildman–Crippen LogP) is 5.48. The van der Waals surface area contributed by atoms with Gasteiger partial charge >= 0.3 is 5.69 Å². The Morgan fingerprint density at radius 2 is 1.67 bits per heavy atom.